The van der Waals surface area contributed by atoms with Crippen molar-refractivity contribution in [2.45, 2.75) is 19.8 Å². The second-order valence-corrected chi connectivity index (χ2v) is 10.4. The highest BCUT2D eigenvalue weighted by atomic mass is 32.1. The first kappa shape index (κ1) is 31.3. The first-order valence-electron chi connectivity index (χ1n) is 13.3. The number of benzene rings is 2. The molecule has 2 aromatic carbocycles. The fourth-order valence-corrected chi connectivity index (χ4v) is 5.78. The Bertz CT molecular complexity index is 1900. The molecule has 44 heavy (non-hydrogen) atoms. The molecule has 226 valence electrons. The van der Waals surface area contributed by atoms with Gasteiger partial charge in [-0.25, -0.2) is 0 Å². The van der Waals surface area contributed by atoms with E-state index in [4.69, 9.17) is 35.8 Å². The van der Waals surface area contributed by atoms with Gasteiger partial charge < -0.3 is 30.4 Å². The number of nitrogens with one attached hydrogen (secondary N) is 1. The van der Waals surface area contributed by atoms with Gasteiger partial charge in [0.15, 0.2) is 36.2 Å². The fraction of sp³-hybridized carbons (Fsp3) is 0.267. The summed E-state index contributed by atoms with van der Waals surface area (Å²) in [5, 5.41) is 29.2. The van der Waals surface area contributed by atoms with Crippen molar-refractivity contribution >= 4 is 40.6 Å². The molecule has 0 bridgehead atoms. The predicted octanol–water partition coefficient (Wildman–Crippen LogP) is 0.701. The van der Waals surface area contributed by atoms with Crippen LogP contribution in [-0.4, -0.2) is 48.6 Å². The van der Waals surface area contributed by atoms with Gasteiger partial charge in [-0.05, 0) is 55.3 Å². The Morgan fingerprint density at radius 1 is 0.955 bits per heavy atom. The number of nitrogens with zero attached hydrogens (tertiary/aromatic N) is 3. The molecule has 13 nitrogen and oxygen atoms in total. The van der Waals surface area contributed by atoms with Gasteiger partial charge in [0.2, 0.25) is 0 Å². The average molecular weight is 617 g/mol. The molecule has 14 heteroatoms. The fourth-order valence-electron chi connectivity index (χ4n) is 4.65. The minimum atomic E-state index is -1.17. The van der Waals surface area contributed by atoms with Crippen molar-refractivity contribution in [3.8, 4) is 35.1 Å². The molecule has 0 fully saturated rings. The summed E-state index contributed by atoms with van der Waals surface area (Å²) in [7, 11) is 0. The molecule has 2 unspecified atom stereocenters. The third kappa shape index (κ3) is 6.40. The lowest BCUT2D eigenvalue weighted by molar-refractivity contribution is -0.120. The van der Waals surface area contributed by atoms with Gasteiger partial charge in [-0.2, -0.15) is 10.5 Å². The van der Waals surface area contributed by atoms with E-state index in [9.17, 15) is 24.9 Å². The Morgan fingerprint density at radius 2 is 1.55 bits per heavy atom. The van der Waals surface area contributed by atoms with Gasteiger partial charge in [-0.3, -0.25) is 24.4 Å². The van der Waals surface area contributed by atoms with Crippen LogP contribution in [0.15, 0.2) is 41.2 Å². The van der Waals surface area contributed by atoms with E-state index < -0.39 is 29.2 Å². The molecule has 0 saturated heterocycles. The number of carbonyl (C=O) groups excluding carboxylic acids is 2. The van der Waals surface area contributed by atoms with Crippen molar-refractivity contribution in [1.82, 2.24) is 4.57 Å². The Kier molecular flexibility index (Phi) is 9.67. The van der Waals surface area contributed by atoms with Gasteiger partial charge in [0.25, 0.3) is 17.4 Å². The van der Waals surface area contributed by atoms with E-state index in [-0.39, 0.29) is 51.9 Å². The summed E-state index contributed by atoms with van der Waals surface area (Å²) in [6.45, 7) is 3.39. The molecular weight excluding hydrogens is 588 g/mol. The van der Waals surface area contributed by atoms with Crippen LogP contribution in [0, 0.1) is 34.0 Å². The second-order valence-electron chi connectivity index (χ2n) is 9.34. The zero-order chi connectivity index (χ0) is 32.0. The van der Waals surface area contributed by atoms with Gasteiger partial charge >= 0.3 is 0 Å². The Labute approximate surface area is 255 Å². The van der Waals surface area contributed by atoms with Crippen LogP contribution in [0.3, 0.4) is 0 Å². The highest BCUT2D eigenvalue weighted by molar-refractivity contribution is 7.07. The highest BCUT2D eigenvalue weighted by Crippen LogP contribution is 2.39. The van der Waals surface area contributed by atoms with E-state index in [0.29, 0.717) is 29.2 Å². The number of aromatic nitrogens is 1. The number of nitriles is 2. The predicted molar refractivity (Wildman–Crippen MR) is 160 cm³/mol. The second kappa shape index (κ2) is 13.6. The van der Waals surface area contributed by atoms with Gasteiger partial charge in [-0.15, -0.1) is 11.3 Å². The van der Waals surface area contributed by atoms with Crippen LogP contribution in [0.25, 0.3) is 11.6 Å². The molecule has 5 N–H and O–H groups in total. The summed E-state index contributed by atoms with van der Waals surface area (Å²) in [6, 6.07) is 13.8. The van der Waals surface area contributed by atoms with Crippen molar-refractivity contribution < 1.29 is 28.5 Å². The molecule has 2 atom stereocenters. The van der Waals surface area contributed by atoms with Crippen LogP contribution in [-0.2, 0) is 9.59 Å². The topological polar surface area (TPSA) is 217 Å². The minimum Gasteiger partial charge on any atom is -0.490 e. The maximum Gasteiger partial charge on any atom is 0.274 e. The van der Waals surface area contributed by atoms with Crippen LogP contribution in [0.2, 0.25) is 0 Å². The number of ether oxygens (including phenoxy) is 4. The number of carbonyl (C=O) groups is 2. The molecule has 1 aromatic heterocycles. The lowest BCUT2D eigenvalue weighted by Crippen LogP contribution is -2.45. The van der Waals surface area contributed by atoms with Crippen molar-refractivity contribution in [3.05, 3.63) is 67.1 Å². The Morgan fingerprint density at radius 3 is 2.09 bits per heavy atom. The highest BCUT2D eigenvalue weighted by Gasteiger charge is 2.38. The summed E-state index contributed by atoms with van der Waals surface area (Å²) in [5.41, 5.74) is 11.0. The van der Waals surface area contributed by atoms with E-state index in [1.165, 1.54) is 0 Å². The largest absolute Gasteiger partial charge is 0.490 e. The minimum absolute atomic E-state index is 0.132. The molecule has 1 aliphatic rings. The van der Waals surface area contributed by atoms with E-state index in [1.54, 1.807) is 56.3 Å². The number of nitrogens with two attached hydrogens (primary N) is 2. The van der Waals surface area contributed by atoms with Gasteiger partial charge in [0.05, 0.1) is 35.5 Å². The molecular formula is C30H28N6O7S. The summed E-state index contributed by atoms with van der Waals surface area (Å²) in [5.74, 6) is -2.52. The monoisotopic (exact) mass is 616 g/mol. The zero-order valence-corrected chi connectivity index (χ0v) is 24.6. The first-order chi connectivity index (χ1) is 21.1. The van der Waals surface area contributed by atoms with E-state index in [1.807, 2.05) is 0 Å². The molecule has 0 spiro atoms. The maximum absolute atomic E-state index is 13.5. The number of fused-ring (bicyclic) bond motifs is 1. The smallest absolute Gasteiger partial charge is 0.274 e. The Balaban J connectivity index is 1.86. The van der Waals surface area contributed by atoms with E-state index in [0.717, 1.165) is 15.9 Å². The zero-order valence-electron chi connectivity index (χ0n) is 23.8. The molecule has 0 saturated carbocycles. The molecule has 2 heterocycles. The maximum atomic E-state index is 13.5. The summed E-state index contributed by atoms with van der Waals surface area (Å²) >= 11 is 1.02. The van der Waals surface area contributed by atoms with E-state index >= 15 is 0 Å². The van der Waals surface area contributed by atoms with Crippen LogP contribution >= 0.6 is 11.3 Å². The molecule has 0 radical (unpaired) electrons. The average Bonchev–Trinajstić information content (AvgIpc) is 3.31. The Hall–Kier alpha value is -5.60. The van der Waals surface area contributed by atoms with Gasteiger partial charge in [0, 0.05) is 5.92 Å². The molecule has 0 aliphatic carbocycles. The van der Waals surface area contributed by atoms with Crippen LogP contribution in [0.4, 0.5) is 0 Å². The third-order valence-corrected chi connectivity index (χ3v) is 7.53. The number of rotatable bonds is 12. The number of hydrogen-bond acceptors (Lipinski definition) is 11. The first-order valence-corrected chi connectivity index (χ1v) is 14.2. The van der Waals surface area contributed by atoms with Gasteiger partial charge in [-0.1, -0.05) is 12.1 Å². The molecule has 2 amide bonds. The SMILES string of the molecule is CCOc1cc(C=c2sc3n(c2=O)C(=N)C(C#N)C(c2ccc(OCC(N)=O)c(OCC)c2)C=3C#N)ccc1OCC(N)=O. The van der Waals surface area contributed by atoms with Crippen molar-refractivity contribution in [2.75, 3.05) is 26.4 Å². The number of hydrogen-bond donors (Lipinski definition) is 3. The summed E-state index contributed by atoms with van der Waals surface area (Å²) in [4.78, 5) is 35.9. The van der Waals surface area contributed by atoms with Crippen LogP contribution in [0.5, 0.6) is 23.0 Å². The number of thiazole rings is 1. The van der Waals surface area contributed by atoms with Gasteiger partial charge in [0.1, 0.15) is 16.4 Å². The summed E-state index contributed by atoms with van der Waals surface area (Å²) < 4.78 is 23.7. The van der Waals surface area contributed by atoms with Crippen LogP contribution in [0.1, 0.15) is 30.9 Å². The van der Waals surface area contributed by atoms with Crippen molar-refractivity contribution in [3.63, 3.8) is 0 Å². The lowest BCUT2D eigenvalue weighted by atomic mass is 9.79. The van der Waals surface area contributed by atoms with Crippen LogP contribution < -0.4 is 45.2 Å². The quantitative estimate of drug-likeness (QED) is 0.261. The normalized spacial score (nSPS) is 16.0. The number of primary amides is 2. The molecule has 1 aliphatic heterocycles. The standard InChI is InChI=1S/C30H28N6O7S/c1-3-40-22-9-16(5-7-20(22)42-14-25(33)37)10-24-29(39)36-28(35)18(12-31)27(19(13-32)30(36)44-24)17-6-8-21(43-15-26(34)38)23(11-17)41-4-2/h5-11,18,27,35H,3-4,14-15H2,1-2H3,(H2,33,37)(H2,34,38). The third-order valence-electron chi connectivity index (χ3n) is 6.43. The number of amides is 2. The molecule has 3 aromatic rings. The lowest BCUT2D eigenvalue weighted by Gasteiger charge is -2.27. The molecule has 4 rings (SSSR count). The summed E-state index contributed by atoms with van der Waals surface area (Å²) in [6.07, 6.45) is 1.58. The van der Waals surface area contributed by atoms with E-state index in [2.05, 4.69) is 12.1 Å². The van der Waals surface area contributed by atoms with Crippen molar-refractivity contribution in [2.24, 2.45) is 17.4 Å². The van der Waals surface area contributed by atoms with Crippen molar-refractivity contribution in [1.29, 1.82) is 15.9 Å².